The molecule has 0 aliphatic heterocycles. The molecule has 0 atom stereocenters. The van der Waals surface area contributed by atoms with Gasteiger partial charge in [0, 0.05) is 5.69 Å². The minimum atomic E-state index is -3.95. The summed E-state index contributed by atoms with van der Waals surface area (Å²) in [5.41, 5.74) is 2.28. The molecule has 0 spiro atoms. The zero-order chi connectivity index (χ0) is 22.9. The highest BCUT2D eigenvalue weighted by molar-refractivity contribution is 7.92. The Morgan fingerprint density at radius 3 is 2.00 bits per heavy atom. The first-order chi connectivity index (χ1) is 15.1. The summed E-state index contributed by atoms with van der Waals surface area (Å²) in [5, 5.41) is 8.15. The van der Waals surface area contributed by atoms with E-state index >= 15 is 0 Å². The molecule has 9 nitrogen and oxygen atoms in total. The van der Waals surface area contributed by atoms with E-state index in [-0.39, 0.29) is 21.4 Å². The van der Waals surface area contributed by atoms with Crippen molar-refractivity contribution in [3.05, 3.63) is 78.4 Å². The van der Waals surface area contributed by atoms with Crippen molar-refractivity contribution in [3.8, 4) is 0 Å². The van der Waals surface area contributed by atoms with E-state index < -0.39 is 20.0 Å². The van der Waals surface area contributed by atoms with Crippen molar-refractivity contribution in [2.75, 3.05) is 10.0 Å². The lowest BCUT2D eigenvalue weighted by molar-refractivity contribution is 0.597. The predicted octanol–water partition coefficient (Wildman–Crippen LogP) is 3.13. The molecule has 0 unspecified atom stereocenters. The van der Waals surface area contributed by atoms with Gasteiger partial charge < -0.3 is 5.32 Å². The zero-order valence-electron chi connectivity index (χ0n) is 16.8. The highest BCUT2D eigenvalue weighted by Crippen LogP contribution is 2.28. The van der Waals surface area contributed by atoms with Crippen molar-refractivity contribution in [1.82, 2.24) is 9.97 Å². The molecular weight excluding hydrogens is 450 g/mol. The topological polar surface area (TPSA) is 144 Å². The van der Waals surface area contributed by atoms with Crippen molar-refractivity contribution in [2.24, 2.45) is 5.14 Å². The number of nitrogens with one attached hydrogen (secondary N) is 2. The molecule has 0 aliphatic rings. The van der Waals surface area contributed by atoms with Gasteiger partial charge in [0.2, 0.25) is 10.0 Å². The van der Waals surface area contributed by atoms with Crippen LogP contribution in [0.5, 0.6) is 0 Å². The van der Waals surface area contributed by atoms with Gasteiger partial charge in [-0.15, -0.1) is 0 Å². The second-order valence-corrected chi connectivity index (χ2v) is 10.3. The van der Waals surface area contributed by atoms with Gasteiger partial charge >= 0.3 is 0 Å². The number of nitrogens with two attached hydrogens (primary N) is 1. The molecule has 0 saturated heterocycles. The van der Waals surface area contributed by atoms with Crippen molar-refractivity contribution >= 4 is 48.4 Å². The Hall–Kier alpha value is -3.54. The number of anilines is 3. The van der Waals surface area contributed by atoms with Crippen LogP contribution in [0, 0.1) is 6.92 Å². The van der Waals surface area contributed by atoms with E-state index in [1.165, 1.54) is 30.3 Å². The van der Waals surface area contributed by atoms with E-state index in [4.69, 9.17) is 5.14 Å². The van der Waals surface area contributed by atoms with E-state index in [0.717, 1.165) is 5.56 Å². The van der Waals surface area contributed by atoms with Crippen LogP contribution < -0.4 is 15.2 Å². The fourth-order valence-corrected chi connectivity index (χ4v) is 4.52. The predicted molar refractivity (Wildman–Crippen MR) is 123 cm³/mol. The van der Waals surface area contributed by atoms with E-state index in [0.29, 0.717) is 16.7 Å². The van der Waals surface area contributed by atoms with Crippen LogP contribution in [0.3, 0.4) is 0 Å². The molecule has 1 aromatic heterocycles. The zero-order valence-corrected chi connectivity index (χ0v) is 18.5. The highest BCUT2D eigenvalue weighted by Gasteiger charge is 2.19. The van der Waals surface area contributed by atoms with Gasteiger partial charge in [-0.1, -0.05) is 35.9 Å². The summed E-state index contributed by atoms with van der Waals surface area (Å²) in [6.07, 6.45) is 0. The minimum absolute atomic E-state index is 0.0368. The van der Waals surface area contributed by atoms with E-state index in [9.17, 15) is 16.8 Å². The van der Waals surface area contributed by atoms with Crippen LogP contribution in [-0.2, 0) is 20.0 Å². The SMILES string of the molecule is Cc1ccc(S(=O)(=O)Nc2nc3ccccc3nc2Nc2cccc(S(N)(=O)=O)c2)cc1. The molecule has 0 saturated carbocycles. The minimum Gasteiger partial charge on any atom is -0.337 e. The average molecular weight is 470 g/mol. The van der Waals surface area contributed by atoms with Crippen molar-refractivity contribution in [1.29, 1.82) is 0 Å². The monoisotopic (exact) mass is 469 g/mol. The van der Waals surface area contributed by atoms with Crippen molar-refractivity contribution < 1.29 is 16.8 Å². The summed E-state index contributed by atoms with van der Waals surface area (Å²) in [6.45, 7) is 1.86. The van der Waals surface area contributed by atoms with Gasteiger partial charge in [0.1, 0.15) is 0 Å². The summed E-state index contributed by atoms with van der Waals surface area (Å²) in [6, 6.07) is 19.1. The summed E-state index contributed by atoms with van der Waals surface area (Å²) in [5.74, 6) is 0.0660. The summed E-state index contributed by atoms with van der Waals surface area (Å²) in [4.78, 5) is 8.86. The van der Waals surface area contributed by atoms with Gasteiger partial charge in [0.25, 0.3) is 10.0 Å². The van der Waals surface area contributed by atoms with Crippen LogP contribution in [0.1, 0.15) is 5.56 Å². The van der Waals surface area contributed by atoms with E-state index in [1.54, 1.807) is 42.5 Å². The number of sulfonamides is 2. The van der Waals surface area contributed by atoms with E-state index in [1.807, 2.05) is 6.92 Å². The van der Waals surface area contributed by atoms with E-state index in [2.05, 4.69) is 20.0 Å². The molecule has 0 bridgehead atoms. The number of aryl methyl sites for hydroxylation is 1. The smallest absolute Gasteiger partial charge is 0.263 e. The molecular formula is C21H19N5O4S2. The molecule has 1 heterocycles. The van der Waals surface area contributed by atoms with Crippen molar-refractivity contribution in [3.63, 3.8) is 0 Å². The molecule has 4 N–H and O–H groups in total. The second-order valence-electron chi connectivity index (χ2n) is 7.03. The maximum absolute atomic E-state index is 12.9. The number of primary sulfonamides is 1. The van der Waals surface area contributed by atoms with Gasteiger partial charge in [0.05, 0.1) is 20.8 Å². The summed E-state index contributed by atoms with van der Waals surface area (Å²) < 4.78 is 51.7. The van der Waals surface area contributed by atoms with Gasteiger partial charge in [-0.05, 0) is 49.4 Å². The third-order valence-electron chi connectivity index (χ3n) is 4.56. The molecule has 4 aromatic rings. The van der Waals surface area contributed by atoms with Gasteiger partial charge in [-0.3, -0.25) is 4.72 Å². The number of fused-ring (bicyclic) bond motifs is 1. The Kier molecular flexibility index (Phi) is 5.55. The van der Waals surface area contributed by atoms with Gasteiger partial charge in [-0.25, -0.2) is 31.9 Å². The van der Waals surface area contributed by atoms with Crippen LogP contribution in [0.4, 0.5) is 17.3 Å². The number of nitrogens with zero attached hydrogens (tertiary/aromatic N) is 2. The summed E-state index contributed by atoms with van der Waals surface area (Å²) in [7, 11) is -7.87. The summed E-state index contributed by atoms with van der Waals surface area (Å²) >= 11 is 0. The number of para-hydroxylation sites is 2. The fourth-order valence-electron chi connectivity index (χ4n) is 2.95. The molecule has 0 fully saturated rings. The molecule has 0 aliphatic carbocycles. The molecule has 0 radical (unpaired) electrons. The molecule has 11 heteroatoms. The average Bonchev–Trinajstić information content (AvgIpc) is 2.74. The molecule has 4 rings (SSSR count). The first kappa shape index (κ1) is 21.7. The molecule has 0 amide bonds. The maximum Gasteiger partial charge on any atom is 0.263 e. The van der Waals surface area contributed by atoms with Crippen LogP contribution in [0.25, 0.3) is 11.0 Å². The standard InChI is InChI=1S/C21H19N5O4S2/c1-14-9-11-16(12-10-14)32(29,30)26-21-20(24-18-7-2-3-8-19(18)25-21)23-15-5-4-6-17(13-15)31(22,27)28/h2-13H,1H3,(H,23,24)(H,25,26)(H2,22,27,28). The number of rotatable bonds is 6. The lowest BCUT2D eigenvalue weighted by Crippen LogP contribution is -2.16. The Morgan fingerprint density at radius 2 is 1.38 bits per heavy atom. The van der Waals surface area contributed by atoms with Crippen LogP contribution >= 0.6 is 0 Å². The van der Waals surface area contributed by atoms with Crippen LogP contribution in [-0.4, -0.2) is 26.8 Å². The first-order valence-electron chi connectivity index (χ1n) is 9.38. The quantitative estimate of drug-likeness (QED) is 0.393. The lowest BCUT2D eigenvalue weighted by atomic mass is 10.2. The maximum atomic E-state index is 12.9. The molecule has 3 aromatic carbocycles. The molecule has 32 heavy (non-hydrogen) atoms. The van der Waals surface area contributed by atoms with Gasteiger partial charge in [-0.2, -0.15) is 0 Å². The van der Waals surface area contributed by atoms with Crippen molar-refractivity contribution in [2.45, 2.75) is 16.7 Å². The fraction of sp³-hybridized carbons (Fsp3) is 0.0476. The third-order valence-corrected chi connectivity index (χ3v) is 6.82. The second kappa shape index (κ2) is 8.19. The Labute approximate surface area is 185 Å². The normalized spacial score (nSPS) is 11.9. The van der Waals surface area contributed by atoms with Gasteiger partial charge in [0.15, 0.2) is 11.6 Å². The highest BCUT2D eigenvalue weighted by atomic mass is 32.2. The lowest BCUT2D eigenvalue weighted by Gasteiger charge is -2.14. The number of aromatic nitrogens is 2. The third kappa shape index (κ3) is 4.69. The van der Waals surface area contributed by atoms with Crippen LogP contribution in [0.15, 0.2) is 82.6 Å². The Balaban J connectivity index is 1.78. The Bertz CT molecular complexity index is 1520. The first-order valence-corrected chi connectivity index (χ1v) is 12.4. The number of benzene rings is 3. The number of hydrogen-bond acceptors (Lipinski definition) is 7. The largest absolute Gasteiger partial charge is 0.337 e. The molecule has 164 valence electrons. The number of hydrogen-bond donors (Lipinski definition) is 3. The van der Waals surface area contributed by atoms with Crippen LogP contribution in [0.2, 0.25) is 0 Å². The Morgan fingerprint density at radius 1 is 0.750 bits per heavy atom.